The molecular formula is C19H31N3O2. The number of benzene rings is 1. The Morgan fingerprint density at radius 1 is 1.04 bits per heavy atom. The van der Waals surface area contributed by atoms with Gasteiger partial charge in [0.05, 0.1) is 19.1 Å². The molecule has 1 N–H and O–H groups in total. The highest BCUT2D eigenvalue weighted by Crippen LogP contribution is 2.13. The van der Waals surface area contributed by atoms with E-state index in [0.717, 1.165) is 12.0 Å². The van der Waals surface area contributed by atoms with Crippen LogP contribution in [-0.2, 0) is 16.0 Å². The normalized spacial score (nSPS) is 12.1. The van der Waals surface area contributed by atoms with E-state index in [1.807, 2.05) is 20.8 Å². The maximum atomic E-state index is 12.2. The molecule has 0 saturated heterocycles. The Hall–Kier alpha value is -1.88. The lowest BCUT2D eigenvalue weighted by Crippen LogP contribution is -2.43. The van der Waals surface area contributed by atoms with Crippen molar-refractivity contribution in [2.45, 2.75) is 40.2 Å². The summed E-state index contributed by atoms with van der Waals surface area (Å²) in [5, 5.41) is 2.99. The Bertz CT molecular complexity index is 524. The van der Waals surface area contributed by atoms with E-state index >= 15 is 0 Å². The summed E-state index contributed by atoms with van der Waals surface area (Å²) in [6.45, 7) is 9.87. The minimum atomic E-state index is -0.0723. The zero-order chi connectivity index (χ0) is 18.1. The van der Waals surface area contributed by atoms with Gasteiger partial charge in [-0.2, -0.15) is 0 Å². The molecular weight excluding hydrogens is 302 g/mol. The van der Waals surface area contributed by atoms with Gasteiger partial charge in [-0.25, -0.2) is 0 Å². The van der Waals surface area contributed by atoms with Gasteiger partial charge in [0.25, 0.3) is 0 Å². The van der Waals surface area contributed by atoms with Crippen LogP contribution in [0.5, 0.6) is 0 Å². The van der Waals surface area contributed by atoms with Crippen LogP contribution in [0.3, 0.4) is 0 Å². The molecule has 0 aliphatic rings. The zero-order valence-electron chi connectivity index (χ0n) is 15.6. The summed E-state index contributed by atoms with van der Waals surface area (Å²) in [5.41, 5.74) is 2.37. The minimum Gasteiger partial charge on any atom is -0.348 e. The maximum Gasteiger partial charge on any atom is 0.236 e. The Morgan fingerprint density at radius 3 is 2.12 bits per heavy atom. The molecule has 0 aliphatic heterocycles. The van der Waals surface area contributed by atoms with Gasteiger partial charge < -0.3 is 10.2 Å². The van der Waals surface area contributed by atoms with Gasteiger partial charge >= 0.3 is 0 Å². The number of aryl methyl sites for hydroxylation is 1. The second-order valence-corrected chi connectivity index (χ2v) is 6.12. The number of nitrogens with zero attached hydrogens (tertiary/aromatic N) is 2. The molecule has 2 amide bonds. The van der Waals surface area contributed by atoms with Crippen LogP contribution in [0.15, 0.2) is 24.3 Å². The smallest absolute Gasteiger partial charge is 0.236 e. The van der Waals surface area contributed by atoms with Crippen LogP contribution in [0, 0.1) is 0 Å². The first-order chi connectivity index (χ1) is 11.4. The third-order valence-corrected chi connectivity index (χ3v) is 4.20. The molecule has 0 saturated carbocycles. The van der Waals surface area contributed by atoms with Crippen LogP contribution in [0.25, 0.3) is 0 Å². The van der Waals surface area contributed by atoms with Crippen molar-refractivity contribution in [3.63, 3.8) is 0 Å². The van der Waals surface area contributed by atoms with Gasteiger partial charge in [-0.05, 0) is 45.4 Å². The molecule has 0 heterocycles. The van der Waals surface area contributed by atoms with Gasteiger partial charge in [0, 0.05) is 13.1 Å². The van der Waals surface area contributed by atoms with Crippen LogP contribution >= 0.6 is 0 Å². The van der Waals surface area contributed by atoms with Gasteiger partial charge in [-0.15, -0.1) is 0 Å². The fraction of sp³-hybridized carbons (Fsp3) is 0.579. The molecule has 0 unspecified atom stereocenters. The highest BCUT2D eigenvalue weighted by molar-refractivity contribution is 5.81. The topological polar surface area (TPSA) is 52.7 Å². The van der Waals surface area contributed by atoms with Crippen molar-refractivity contribution in [2.24, 2.45) is 0 Å². The lowest BCUT2D eigenvalue weighted by molar-refractivity contribution is -0.132. The molecule has 24 heavy (non-hydrogen) atoms. The van der Waals surface area contributed by atoms with Crippen LogP contribution in [0.1, 0.15) is 44.9 Å². The molecule has 134 valence electrons. The fourth-order valence-corrected chi connectivity index (χ4v) is 2.62. The van der Waals surface area contributed by atoms with Gasteiger partial charge in [0.2, 0.25) is 11.8 Å². The maximum absolute atomic E-state index is 12.2. The summed E-state index contributed by atoms with van der Waals surface area (Å²) in [6, 6.07) is 8.24. The number of hydrogen-bond donors (Lipinski definition) is 1. The van der Waals surface area contributed by atoms with Crippen molar-refractivity contribution in [2.75, 3.05) is 33.2 Å². The third-order valence-electron chi connectivity index (χ3n) is 4.20. The average molecular weight is 333 g/mol. The molecule has 1 rings (SSSR count). The molecule has 1 aromatic carbocycles. The van der Waals surface area contributed by atoms with E-state index in [1.165, 1.54) is 5.56 Å². The second-order valence-electron chi connectivity index (χ2n) is 6.12. The Morgan fingerprint density at radius 2 is 1.62 bits per heavy atom. The van der Waals surface area contributed by atoms with Crippen LogP contribution < -0.4 is 5.32 Å². The van der Waals surface area contributed by atoms with Crippen molar-refractivity contribution in [1.29, 1.82) is 0 Å². The molecule has 5 nitrogen and oxygen atoms in total. The first kappa shape index (κ1) is 20.2. The quantitative estimate of drug-likeness (QED) is 0.754. The number of carbonyl (C=O) groups excluding carboxylic acids is 2. The molecule has 5 heteroatoms. The van der Waals surface area contributed by atoms with E-state index in [-0.39, 0.29) is 30.9 Å². The molecule has 0 spiro atoms. The highest BCUT2D eigenvalue weighted by atomic mass is 16.2. The first-order valence-corrected chi connectivity index (χ1v) is 8.75. The van der Waals surface area contributed by atoms with E-state index in [4.69, 9.17) is 0 Å². The van der Waals surface area contributed by atoms with Gasteiger partial charge in [0.1, 0.15) is 0 Å². The number of rotatable bonds is 9. The molecule has 0 aliphatic carbocycles. The number of nitrogens with one attached hydrogen (secondary N) is 1. The minimum absolute atomic E-state index is 0.0460. The lowest BCUT2D eigenvalue weighted by Gasteiger charge is -2.23. The number of carbonyl (C=O) groups is 2. The summed E-state index contributed by atoms with van der Waals surface area (Å²) in [6.07, 6.45) is 1.01. The summed E-state index contributed by atoms with van der Waals surface area (Å²) in [7, 11) is 1.79. The summed E-state index contributed by atoms with van der Waals surface area (Å²) >= 11 is 0. The van der Waals surface area contributed by atoms with Crippen molar-refractivity contribution in [1.82, 2.24) is 15.1 Å². The van der Waals surface area contributed by atoms with Crippen molar-refractivity contribution in [3.05, 3.63) is 35.4 Å². The lowest BCUT2D eigenvalue weighted by atomic mass is 10.1. The van der Waals surface area contributed by atoms with E-state index in [9.17, 15) is 9.59 Å². The van der Waals surface area contributed by atoms with Crippen molar-refractivity contribution >= 4 is 11.8 Å². The van der Waals surface area contributed by atoms with Crippen molar-refractivity contribution in [3.8, 4) is 0 Å². The Balaban J connectivity index is 2.47. The molecule has 1 aromatic rings. The van der Waals surface area contributed by atoms with Crippen LogP contribution in [-0.4, -0.2) is 54.8 Å². The van der Waals surface area contributed by atoms with Gasteiger partial charge in [-0.3, -0.25) is 14.5 Å². The Labute approximate surface area is 146 Å². The monoisotopic (exact) mass is 333 g/mol. The molecule has 0 bridgehead atoms. The first-order valence-electron chi connectivity index (χ1n) is 8.75. The van der Waals surface area contributed by atoms with Crippen molar-refractivity contribution < 1.29 is 9.59 Å². The van der Waals surface area contributed by atoms with E-state index in [0.29, 0.717) is 13.1 Å². The SMILES string of the molecule is CCc1ccc([C@@H](C)NC(=O)CN(C)CC(=O)N(CC)CC)cc1. The number of hydrogen-bond acceptors (Lipinski definition) is 3. The third kappa shape index (κ3) is 6.32. The van der Waals surface area contributed by atoms with Crippen LogP contribution in [0.2, 0.25) is 0 Å². The zero-order valence-corrected chi connectivity index (χ0v) is 15.6. The summed E-state index contributed by atoms with van der Waals surface area (Å²) < 4.78 is 0. The van der Waals surface area contributed by atoms with E-state index < -0.39 is 0 Å². The predicted octanol–water partition coefficient (Wildman–Crippen LogP) is 2.23. The average Bonchev–Trinajstić information content (AvgIpc) is 2.55. The Kier molecular flexibility index (Phi) is 8.47. The van der Waals surface area contributed by atoms with E-state index in [1.54, 1.807) is 16.8 Å². The van der Waals surface area contributed by atoms with Crippen LogP contribution in [0.4, 0.5) is 0 Å². The standard InChI is InChI=1S/C19H31N3O2/c1-6-16-9-11-17(12-10-16)15(4)20-18(23)13-21(5)14-19(24)22(7-2)8-3/h9-12,15H,6-8,13-14H2,1-5H3,(H,20,23)/t15-/m1/s1. The number of amides is 2. The van der Waals surface area contributed by atoms with Gasteiger partial charge in [-0.1, -0.05) is 31.2 Å². The second kappa shape index (κ2) is 10.1. The largest absolute Gasteiger partial charge is 0.348 e. The van der Waals surface area contributed by atoms with E-state index in [2.05, 4.69) is 36.5 Å². The fourth-order valence-electron chi connectivity index (χ4n) is 2.62. The molecule has 0 aromatic heterocycles. The molecule has 1 atom stereocenters. The highest BCUT2D eigenvalue weighted by Gasteiger charge is 2.16. The number of likely N-dealkylation sites (N-methyl/N-ethyl adjacent to an activating group) is 2. The molecule has 0 radical (unpaired) electrons. The summed E-state index contributed by atoms with van der Waals surface area (Å²) in [4.78, 5) is 27.7. The van der Waals surface area contributed by atoms with Gasteiger partial charge in [0.15, 0.2) is 0 Å². The summed E-state index contributed by atoms with van der Waals surface area (Å²) in [5.74, 6) is -0.0181. The predicted molar refractivity (Wildman–Crippen MR) is 97.8 cm³/mol. The molecule has 0 fully saturated rings.